The fourth-order valence-corrected chi connectivity index (χ4v) is 3.62. The number of hydrogen-bond acceptors (Lipinski definition) is 3. The minimum absolute atomic E-state index is 0.122. The zero-order valence-corrected chi connectivity index (χ0v) is 19.3. The lowest BCUT2D eigenvalue weighted by molar-refractivity contribution is -0.122. The molecular formula is C25H35N3O2. The van der Waals surface area contributed by atoms with E-state index in [4.69, 9.17) is 0 Å². The number of likely N-dealkylation sites (N-methyl/N-ethyl adjacent to an activating group) is 1. The van der Waals surface area contributed by atoms with Crippen LogP contribution in [0.15, 0.2) is 36.4 Å². The van der Waals surface area contributed by atoms with Crippen LogP contribution in [0.4, 0.5) is 11.4 Å². The Labute approximate surface area is 180 Å². The van der Waals surface area contributed by atoms with Crippen molar-refractivity contribution in [2.75, 3.05) is 24.2 Å². The molecule has 0 spiro atoms. The van der Waals surface area contributed by atoms with Crippen LogP contribution in [0.5, 0.6) is 0 Å². The molecule has 2 aromatic rings. The smallest absolute Gasteiger partial charge is 0.241 e. The van der Waals surface area contributed by atoms with Crippen molar-refractivity contribution < 1.29 is 9.59 Å². The Balaban J connectivity index is 2.01. The SMILES string of the molecule is CC[C@@H](C)c1ccccc1NC(=O)[C@H](C)N(C)CC(=O)Nc1c(C)cc(C)cc1C. The van der Waals surface area contributed by atoms with Gasteiger partial charge in [0.1, 0.15) is 0 Å². The molecular weight excluding hydrogens is 374 g/mol. The van der Waals surface area contributed by atoms with Gasteiger partial charge in [-0.3, -0.25) is 14.5 Å². The summed E-state index contributed by atoms with van der Waals surface area (Å²) in [6.45, 7) is 12.3. The highest BCUT2D eigenvalue weighted by atomic mass is 16.2. The third-order valence-electron chi connectivity index (χ3n) is 5.74. The minimum Gasteiger partial charge on any atom is -0.324 e. The predicted octanol–water partition coefficient (Wildman–Crippen LogP) is 5.02. The van der Waals surface area contributed by atoms with Crippen LogP contribution in [-0.2, 0) is 9.59 Å². The zero-order chi connectivity index (χ0) is 22.4. The fourth-order valence-electron chi connectivity index (χ4n) is 3.62. The number of benzene rings is 2. The largest absolute Gasteiger partial charge is 0.324 e. The average Bonchev–Trinajstić information content (AvgIpc) is 2.69. The molecule has 0 fully saturated rings. The summed E-state index contributed by atoms with van der Waals surface area (Å²) in [5, 5.41) is 6.04. The second kappa shape index (κ2) is 10.4. The van der Waals surface area contributed by atoms with Gasteiger partial charge in [-0.05, 0) is 69.8 Å². The van der Waals surface area contributed by atoms with Crippen molar-refractivity contribution in [3.8, 4) is 0 Å². The Kier molecular flexibility index (Phi) is 8.18. The highest BCUT2D eigenvalue weighted by Gasteiger charge is 2.22. The van der Waals surface area contributed by atoms with E-state index < -0.39 is 6.04 Å². The van der Waals surface area contributed by atoms with E-state index in [9.17, 15) is 9.59 Å². The molecule has 162 valence electrons. The van der Waals surface area contributed by atoms with Gasteiger partial charge in [0.25, 0.3) is 0 Å². The standard InChI is InChI=1S/C25H35N3O2/c1-8-17(3)21-11-9-10-12-22(21)26-25(30)20(6)28(7)15-23(29)27-24-18(4)13-16(2)14-19(24)5/h9-14,17,20H,8,15H2,1-7H3,(H,26,30)(H,27,29)/t17-,20+/m1/s1. The number of nitrogens with one attached hydrogen (secondary N) is 2. The Bertz CT molecular complexity index is 884. The summed E-state index contributed by atoms with van der Waals surface area (Å²) in [5.74, 6) is 0.109. The molecule has 2 aromatic carbocycles. The first kappa shape index (κ1) is 23.6. The third-order valence-corrected chi connectivity index (χ3v) is 5.74. The van der Waals surface area contributed by atoms with Crippen LogP contribution >= 0.6 is 0 Å². The number of nitrogens with zero attached hydrogens (tertiary/aromatic N) is 1. The lowest BCUT2D eigenvalue weighted by atomic mass is 9.97. The summed E-state index contributed by atoms with van der Waals surface area (Å²) >= 11 is 0. The van der Waals surface area contributed by atoms with Crippen molar-refractivity contribution in [1.29, 1.82) is 0 Å². The fraction of sp³-hybridized carbons (Fsp3) is 0.440. The molecule has 0 radical (unpaired) electrons. The molecule has 2 atom stereocenters. The molecule has 5 heteroatoms. The Hall–Kier alpha value is -2.66. The van der Waals surface area contributed by atoms with Gasteiger partial charge in [0, 0.05) is 11.4 Å². The molecule has 2 rings (SSSR count). The van der Waals surface area contributed by atoms with Gasteiger partial charge in [0.05, 0.1) is 12.6 Å². The van der Waals surface area contributed by atoms with Crippen LogP contribution in [0.25, 0.3) is 0 Å². The molecule has 0 aliphatic carbocycles. The molecule has 0 aliphatic rings. The van der Waals surface area contributed by atoms with Crippen LogP contribution < -0.4 is 10.6 Å². The van der Waals surface area contributed by atoms with Crippen molar-refractivity contribution in [2.45, 2.75) is 59.9 Å². The maximum absolute atomic E-state index is 12.8. The van der Waals surface area contributed by atoms with Gasteiger partial charge in [-0.1, -0.05) is 49.7 Å². The molecule has 0 unspecified atom stereocenters. The molecule has 0 saturated heterocycles. The first-order valence-corrected chi connectivity index (χ1v) is 10.6. The average molecular weight is 410 g/mol. The minimum atomic E-state index is -0.444. The number of carbonyl (C=O) groups is 2. The van der Waals surface area contributed by atoms with Gasteiger partial charge in [0.2, 0.25) is 11.8 Å². The van der Waals surface area contributed by atoms with Gasteiger partial charge in [-0.15, -0.1) is 0 Å². The van der Waals surface area contributed by atoms with Gasteiger partial charge < -0.3 is 10.6 Å². The third kappa shape index (κ3) is 5.92. The number of para-hydroxylation sites is 1. The van der Waals surface area contributed by atoms with E-state index in [-0.39, 0.29) is 18.4 Å². The van der Waals surface area contributed by atoms with Gasteiger partial charge in [-0.2, -0.15) is 0 Å². The number of carbonyl (C=O) groups excluding carboxylic acids is 2. The number of hydrogen-bond donors (Lipinski definition) is 2. The van der Waals surface area contributed by atoms with Crippen LogP contribution in [0.3, 0.4) is 0 Å². The van der Waals surface area contributed by atoms with Gasteiger partial charge in [0.15, 0.2) is 0 Å². The monoisotopic (exact) mass is 409 g/mol. The van der Waals surface area contributed by atoms with Crippen molar-refractivity contribution in [3.63, 3.8) is 0 Å². The summed E-state index contributed by atoms with van der Waals surface area (Å²) in [6.07, 6.45) is 1.00. The number of aryl methyl sites for hydroxylation is 3. The summed E-state index contributed by atoms with van der Waals surface area (Å²) in [6, 6.07) is 11.6. The summed E-state index contributed by atoms with van der Waals surface area (Å²) in [5.41, 5.74) is 6.06. The summed E-state index contributed by atoms with van der Waals surface area (Å²) < 4.78 is 0. The number of amides is 2. The Morgan fingerprint density at radius 1 is 1.00 bits per heavy atom. The molecule has 0 bridgehead atoms. The van der Waals surface area contributed by atoms with Crippen molar-refractivity contribution in [1.82, 2.24) is 4.90 Å². The zero-order valence-electron chi connectivity index (χ0n) is 19.3. The Morgan fingerprint density at radius 3 is 2.20 bits per heavy atom. The highest BCUT2D eigenvalue weighted by Crippen LogP contribution is 2.27. The first-order chi connectivity index (χ1) is 14.1. The molecule has 0 aliphatic heterocycles. The first-order valence-electron chi connectivity index (χ1n) is 10.6. The molecule has 0 heterocycles. The number of anilines is 2. The van der Waals surface area contributed by atoms with Crippen molar-refractivity contribution in [3.05, 3.63) is 58.7 Å². The van der Waals surface area contributed by atoms with Crippen LogP contribution in [0, 0.1) is 20.8 Å². The molecule has 2 amide bonds. The topological polar surface area (TPSA) is 61.4 Å². The molecule has 0 saturated carbocycles. The maximum atomic E-state index is 12.8. The molecule has 0 aromatic heterocycles. The van der Waals surface area contributed by atoms with E-state index in [0.717, 1.165) is 34.5 Å². The molecule has 5 nitrogen and oxygen atoms in total. The molecule has 2 N–H and O–H groups in total. The second-order valence-corrected chi connectivity index (χ2v) is 8.30. The lowest BCUT2D eigenvalue weighted by Crippen LogP contribution is -2.43. The van der Waals surface area contributed by atoms with Crippen LogP contribution in [0.1, 0.15) is 55.4 Å². The van der Waals surface area contributed by atoms with Crippen LogP contribution in [-0.4, -0.2) is 36.3 Å². The van der Waals surface area contributed by atoms with Gasteiger partial charge in [-0.25, -0.2) is 0 Å². The van der Waals surface area contributed by atoms with Crippen molar-refractivity contribution in [2.24, 2.45) is 0 Å². The van der Waals surface area contributed by atoms with Crippen LogP contribution in [0.2, 0.25) is 0 Å². The summed E-state index contributed by atoms with van der Waals surface area (Å²) in [7, 11) is 1.79. The molecule has 30 heavy (non-hydrogen) atoms. The van der Waals surface area contributed by atoms with E-state index in [2.05, 4.69) is 42.7 Å². The van der Waals surface area contributed by atoms with E-state index in [1.807, 2.05) is 45.9 Å². The predicted molar refractivity (Wildman–Crippen MR) is 125 cm³/mol. The number of rotatable bonds is 8. The quantitative estimate of drug-likeness (QED) is 0.643. The van der Waals surface area contributed by atoms with Crippen molar-refractivity contribution >= 4 is 23.2 Å². The second-order valence-electron chi connectivity index (χ2n) is 8.30. The Morgan fingerprint density at radius 2 is 1.60 bits per heavy atom. The highest BCUT2D eigenvalue weighted by molar-refractivity contribution is 5.97. The lowest BCUT2D eigenvalue weighted by Gasteiger charge is -2.25. The van der Waals surface area contributed by atoms with E-state index in [1.54, 1.807) is 11.9 Å². The van der Waals surface area contributed by atoms with E-state index >= 15 is 0 Å². The summed E-state index contributed by atoms with van der Waals surface area (Å²) in [4.78, 5) is 27.2. The van der Waals surface area contributed by atoms with E-state index in [1.165, 1.54) is 5.56 Å². The van der Waals surface area contributed by atoms with E-state index in [0.29, 0.717) is 5.92 Å². The normalized spacial score (nSPS) is 13.1. The maximum Gasteiger partial charge on any atom is 0.241 e. The van der Waals surface area contributed by atoms with Gasteiger partial charge >= 0.3 is 0 Å².